The molecular formula is C12H19NO4. The molecule has 5 heteroatoms. The van der Waals surface area contributed by atoms with Gasteiger partial charge in [0.15, 0.2) is 0 Å². The van der Waals surface area contributed by atoms with Crippen molar-refractivity contribution in [2.24, 2.45) is 17.8 Å². The van der Waals surface area contributed by atoms with Crippen molar-refractivity contribution < 1.29 is 19.1 Å². The largest absolute Gasteiger partial charge is 0.469 e. The number of esters is 1. The fourth-order valence-corrected chi connectivity index (χ4v) is 2.59. The van der Waals surface area contributed by atoms with E-state index >= 15 is 0 Å². The fourth-order valence-electron chi connectivity index (χ4n) is 2.59. The number of likely N-dealkylation sites (tertiary alicyclic amines) is 1. The van der Waals surface area contributed by atoms with Crippen LogP contribution in [0.25, 0.3) is 0 Å². The number of hydrogen-bond acceptors (Lipinski definition) is 4. The van der Waals surface area contributed by atoms with Gasteiger partial charge in [-0.25, -0.2) is 0 Å². The molecule has 2 rings (SSSR count). The molecule has 2 saturated heterocycles. The normalized spacial score (nSPS) is 32.8. The molecule has 0 aliphatic carbocycles. The number of hydrogen-bond donors (Lipinski definition) is 0. The second-order valence-electron chi connectivity index (χ2n) is 4.91. The predicted octanol–water partition coefficient (Wildman–Crippen LogP) is 0.290. The van der Waals surface area contributed by atoms with Gasteiger partial charge in [-0.2, -0.15) is 0 Å². The average Bonchev–Trinajstić information content (AvgIpc) is 2.96. The number of rotatable bonds is 2. The minimum atomic E-state index is -0.213. The monoisotopic (exact) mass is 241 g/mol. The van der Waals surface area contributed by atoms with Crippen LogP contribution in [0.4, 0.5) is 0 Å². The molecule has 0 radical (unpaired) electrons. The first-order valence-corrected chi connectivity index (χ1v) is 6.08. The van der Waals surface area contributed by atoms with Crippen LogP contribution in [0.5, 0.6) is 0 Å². The van der Waals surface area contributed by atoms with E-state index in [2.05, 4.69) is 0 Å². The second-order valence-corrected chi connectivity index (χ2v) is 4.91. The Morgan fingerprint density at radius 3 is 2.71 bits per heavy atom. The third-order valence-corrected chi connectivity index (χ3v) is 3.71. The van der Waals surface area contributed by atoms with Gasteiger partial charge in [-0.3, -0.25) is 9.59 Å². The summed E-state index contributed by atoms with van der Waals surface area (Å²) >= 11 is 0. The molecule has 0 aromatic carbocycles. The smallest absolute Gasteiger partial charge is 0.310 e. The van der Waals surface area contributed by atoms with Gasteiger partial charge in [-0.05, 0) is 12.3 Å². The van der Waals surface area contributed by atoms with Crippen molar-refractivity contribution in [2.75, 3.05) is 33.4 Å². The Hall–Kier alpha value is -1.10. The summed E-state index contributed by atoms with van der Waals surface area (Å²) in [6.45, 7) is 4.31. The first-order chi connectivity index (χ1) is 8.13. The molecule has 3 atom stereocenters. The van der Waals surface area contributed by atoms with Crippen molar-refractivity contribution in [2.45, 2.75) is 13.3 Å². The highest BCUT2D eigenvalue weighted by Crippen LogP contribution is 2.27. The molecule has 0 aromatic heterocycles. The Kier molecular flexibility index (Phi) is 3.66. The number of methoxy groups -OCH3 is 1. The molecule has 17 heavy (non-hydrogen) atoms. The van der Waals surface area contributed by atoms with E-state index in [4.69, 9.17) is 9.47 Å². The fraction of sp³-hybridized carbons (Fsp3) is 0.833. The molecule has 2 heterocycles. The highest BCUT2D eigenvalue weighted by molar-refractivity contribution is 5.81. The highest BCUT2D eigenvalue weighted by atomic mass is 16.5. The van der Waals surface area contributed by atoms with E-state index in [1.165, 1.54) is 7.11 Å². The molecule has 0 spiro atoms. The Balaban J connectivity index is 1.95. The van der Waals surface area contributed by atoms with Crippen molar-refractivity contribution in [3.8, 4) is 0 Å². The lowest BCUT2D eigenvalue weighted by atomic mass is 9.99. The van der Waals surface area contributed by atoms with Crippen LogP contribution in [0.15, 0.2) is 0 Å². The van der Waals surface area contributed by atoms with Crippen LogP contribution < -0.4 is 0 Å². The molecular weight excluding hydrogens is 222 g/mol. The number of amides is 1. The zero-order valence-electron chi connectivity index (χ0n) is 10.3. The third kappa shape index (κ3) is 2.44. The first-order valence-electron chi connectivity index (χ1n) is 6.08. The molecule has 3 unspecified atom stereocenters. The minimum absolute atomic E-state index is 0.0152. The van der Waals surface area contributed by atoms with Crippen LogP contribution in [0, 0.1) is 17.8 Å². The van der Waals surface area contributed by atoms with Crippen molar-refractivity contribution in [3.63, 3.8) is 0 Å². The predicted molar refractivity (Wildman–Crippen MR) is 60.2 cm³/mol. The maximum atomic E-state index is 12.1. The first kappa shape index (κ1) is 12.4. The zero-order chi connectivity index (χ0) is 12.4. The van der Waals surface area contributed by atoms with E-state index < -0.39 is 0 Å². The SMILES string of the molecule is COC(=O)C1CN(C(=O)C2CCOC2)CC1C. The summed E-state index contributed by atoms with van der Waals surface area (Å²) in [5, 5.41) is 0. The van der Waals surface area contributed by atoms with Gasteiger partial charge in [-0.1, -0.05) is 6.92 Å². The van der Waals surface area contributed by atoms with Gasteiger partial charge in [0.25, 0.3) is 0 Å². The van der Waals surface area contributed by atoms with E-state index in [1.54, 1.807) is 4.90 Å². The maximum Gasteiger partial charge on any atom is 0.310 e. The molecule has 0 saturated carbocycles. The van der Waals surface area contributed by atoms with Crippen LogP contribution in [0.1, 0.15) is 13.3 Å². The summed E-state index contributed by atoms with van der Waals surface area (Å²) in [6.07, 6.45) is 0.798. The molecule has 2 aliphatic rings. The second kappa shape index (κ2) is 5.04. The molecule has 2 fully saturated rings. The quantitative estimate of drug-likeness (QED) is 0.652. The van der Waals surface area contributed by atoms with Crippen molar-refractivity contribution in [3.05, 3.63) is 0 Å². The lowest BCUT2D eigenvalue weighted by molar-refractivity contribution is -0.146. The van der Waals surface area contributed by atoms with Gasteiger partial charge in [0.05, 0.1) is 25.6 Å². The summed E-state index contributed by atoms with van der Waals surface area (Å²) in [7, 11) is 1.39. The van der Waals surface area contributed by atoms with Gasteiger partial charge in [0, 0.05) is 19.7 Å². The van der Waals surface area contributed by atoms with Crippen LogP contribution >= 0.6 is 0 Å². The van der Waals surface area contributed by atoms with Crippen molar-refractivity contribution >= 4 is 11.9 Å². The number of ether oxygens (including phenoxy) is 2. The van der Waals surface area contributed by atoms with E-state index in [0.29, 0.717) is 26.3 Å². The Labute approximate surface area is 101 Å². The topological polar surface area (TPSA) is 55.8 Å². The maximum absolute atomic E-state index is 12.1. The van der Waals surface area contributed by atoms with Gasteiger partial charge >= 0.3 is 5.97 Å². The summed E-state index contributed by atoms with van der Waals surface area (Å²) in [5.74, 6) is -0.102. The van der Waals surface area contributed by atoms with Gasteiger partial charge < -0.3 is 14.4 Å². The minimum Gasteiger partial charge on any atom is -0.469 e. The average molecular weight is 241 g/mol. The zero-order valence-corrected chi connectivity index (χ0v) is 10.3. The van der Waals surface area contributed by atoms with E-state index in [9.17, 15) is 9.59 Å². The van der Waals surface area contributed by atoms with Crippen LogP contribution in [-0.2, 0) is 19.1 Å². The van der Waals surface area contributed by atoms with Crippen LogP contribution in [-0.4, -0.2) is 50.2 Å². The molecule has 0 N–H and O–H groups in total. The van der Waals surface area contributed by atoms with Crippen molar-refractivity contribution in [1.82, 2.24) is 4.90 Å². The molecule has 5 nitrogen and oxygen atoms in total. The Morgan fingerprint density at radius 1 is 1.35 bits per heavy atom. The van der Waals surface area contributed by atoms with Gasteiger partial charge in [0.2, 0.25) is 5.91 Å². The lowest BCUT2D eigenvalue weighted by Crippen LogP contribution is -2.35. The Morgan fingerprint density at radius 2 is 2.12 bits per heavy atom. The van der Waals surface area contributed by atoms with Crippen LogP contribution in [0.2, 0.25) is 0 Å². The van der Waals surface area contributed by atoms with E-state index in [0.717, 1.165) is 6.42 Å². The standard InChI is InChI=1S/C12H19NO4/c1-8-5-13(6-10(8)12(15)16-2)11(14)9-3-4-17-7-9/h8-10H,3-7H2,1-2H3. The van der Waals surface area contributed by atoms with E-state index in [-0.39, 0.29) is 29.6 Å². The molecule has 2 aliphatic heterocycles. The molecule has 0 bridgehead atoms. The molecule has 1 amide bonds. The summed E-state index contributed by atoms with van der Waals surface area (Å²) in [6, 6.07) is 0. The third-order valence-electron chi connectivity index (χ3n) is 3.71. The number of carbonyl (C=O) groups excluding carboxylic acids is 2. The lowest BCUT2D eigenvalue weighted by Gasteiger charge is -2.19. The number of nitrogens with zero attached hydrogens (tertiary/aromatic N) is 1. The Bertz CT molecular complexity index is 312. The summed E-state index contributed by atoms with van der Waals surface area (Å²) in [4.78, 5) is 25.5. The number of carbonyl (C=O) groups is 2. The summed E-state index contributed by atoms with van der Waals surface area (Å²) in [5.41, 5.74) is 0. The van der Waals surface area contributed by atoms with Crippen LogP contribution in [0.3, 0.4) is 0 Å². The summed E-state index contributed by atoms with van der Waals surface area (Å²) < 4.78 is 9.98. The van der Waals surface area contributed by atoms with Gasteiger partial charge in [0.1, 0.15) is 0 Å². The van der Waals surface area contributed by atoms with Crippen molar-refractivity contribution in [1.29, 1.82) is 0 Å². The molecule has 0 aromatic rings. The molecule has 96 valence electrons. The van der Waals surface area contributed by atoms with Gasteiger partial charge in [-0.15, -0.1) is 0 Å². The highest BCUT2D eigenvalue weighted by Gasteiger charge is 2.40. The van der Waals surface area contributed by atoms with E-state index in [1.807, 2.05) is 6.92 Å².